The highest BCUT2D eigenvalue weighted by molar-refractivity contribution is 7.99. The van der Waals surface area contributed by atoms with Gasteiger partial charge in [0, 0.05) is 38.5 Å². The zero-order chi connectivity index (χ0) is 23.1. The fourth-order valence-corrected chi connectivity index (χ4v) is 6.41. The standard InChI is InChI=1S/C24H31F3N4OS/c1-30-21(18-7-12-32-13-8-18)28-29-22(30)33-14-2-10-31-11-9-23(16-31)15-20(23)17-3-5-19(6-4-17)24(25,26)27/h3-6,18,20H,2,7-16H2,1H3/t20-,23-/m0/s1. The molecule has 0 bridgehead atoms. The lowest BCUT2D eigenvalue weighted by atomic mass is 9.97. The molecule has 0 amide bonds. The number of benzene rings is 1. The second kappa shape index (κ2) is 9.23. The first-order chi connectivity index (χ1) is 15.9. The number of nitrogens with zero attached hydrogens (tertiary/aromatic N) is 4. The summed E-state index contributed by atoms with van der Waals surface area (Å²) in [5.41, 5.74) is 0.770. The molecule has 5 nitrogen and oxygen atoms in total. The summed E-state index contributed by atoms with van der Waals surface area (Å²) in [5, 5.41) is 9.84. The van der Waals surface area contributed by atoms with Gasteiger partial charge in [-0.2, -0.15) is 13.2 Å². The van der Waals surface area contributed by atoms with Crippen LogP contribution in [0, 0.1) is 5.41 Å². The van der Waals surface area contributed by atoms with Gasteiger partial charge in [0.2, 0.25) is 0 Å². The number of ether oxygens (including phenoxy) is 1. The Labute approximate surface area is 197 Å². The molecule has 3 fully saturated rings. The van der Waals surface area contributed by atoms with Crippen LogP contribution in [0.3, 0.4) is 0 Å². The molecule has 3 aliphatic rings. The van der Waals surface area contributed by atoms with Gasteiger partial charge in [-0.1, -0.05) is 23.9 Å². The highest BCUT2D eigenvalue weighted by atomic mass is 32.2. The van der Waals surface area contributed by atoms with Crippen molar-refractivity contribution < 1.29 is 17.9 Å². The van der Waals surface area contributed by atoms with Gasteiger partial charge < -0.3 is 14.2 Å². The average Bonchev–Trinajstić information content (AvgIpc) is 3.15. The van der Waals surface area contributed by atoms with Crippen LogP contribution in [-0.2, 0) is 18.0 Å². The van der Waals surface area contributed by atoms with Crippen molar-refractivity contribution in [1.29, 1.82) is 0 Å². The molecular weight excluding hydrogens is 449 g/mol. The lowest BCUT2D eigenvalue weighted by molar-refractivity contribution is -0.137. The van der Waals surface area contributed by atoms with Crippen LogP contribution in [-0.4, -0.2) is 58.3 Å². The van der Waals surface area contributed by atoms with Crippen molar-refractivity contribution in [3.63, 3.8) is 0 Å². The summed E-state index contributed by atoms with van der Waals surface area (Å²) in [7, 11) is 2.06. The molecule has 2 aromatic rings. The third-order valence-electron chi connectivity index (χ3n) is 7.60. The SMILES string of the molecule is Cn1c(SCCCN2CC[C@]3(C[C@H]3c3ccc(C(F)(F)F)cc3)C2)nnc1C1CCOCC1. The Balaban J connectivity index is 1.06. The summed E-state index contributed by atoms with van der Waals surface area (Å²) in [6.45, 7) is 4.80. The van der Waals surface area contributed by atoms with Crippen LogP contribution in [0.2, 0.25) is 0 Å². The summed E-state index contributed by atoms with van der Waals surface area (Å²) in [6, 6.07) is 5.81. The molecular formula is C24H31F3N4OS. The monoisotopic (exact) mass is 480 g/mol. The number of thioether (sulfide) groups is 1. The molecule has 5 rings (SSSR count). The molecule has 2 atom stereocenters. The van der Waals surface area contributed by atoms with Crippen LogP contribution in [0.4, 0.5) is 13.2 Å². The highest BCUT2D eigenvalue weighted by Gasteiger charge is 2.57. The Morgan fingerprint density at radius 3 is 2.64 bits per heavy atom. The topological polar surface area (TPSA) is 43.2 Å². The van der Waals surface area contributed by atoms with E-state index in [0.29, 0.717) is 11.8 Å². The van der Waals surface area contributed by atoms with Crippen LogP contribution in [0.5, 0.6) is 0 Å². The molecule has 2 aliphatic heterocycles. The highest BCUT2D eigenvalue weighted by Crippen LogP contribution is 2.64. The van der Waals surface area contributed by atoms with E-state index in [0.717, 1.165) is 87.2 Å². The summed E-state index contributed by atoms with van der Waals surface area (Å²) in [6.07, 6.45) is 1.09. The minimum Gasteiger partial charge on any atom is -0.381 e. The number of hydrogen-bond donors (Lipinski definition) is 0. The van der Waals surface area contributed by atoms with Crippen LogP contribution in [0.15, 0.2) is 29.4 Å². The van der Waals surface area contributed by atoms with Gasteiger partial charge in [-0.3, -0.25) is 0 Å². The van der Waals surface area contributed by atoms with Gasteiger partial charge in [-0.25, -0.2) is 0 Å². The number of likely N-dealkylation sites (tertiary alicyclic amines) is 1. The molecule has 1 aromatic heterocycles. The Morgan fingerprint density at radius 1 is 1.15 bits per heavy atom. The second-order valence-corrected chi connectivity index (χ2v) is 10.8. The van der Waals surface area contributed by atoms with Crippen molar-refractivity contribution in [2.24, 2.45) is 12.5 Å². The normalized spacial score (nSPS) is 26.4. The molecule has 33 heavy (non-hydrogen) atoms. The van der Waals surface area contributed by atoms with Gasteiger partial charge >= 0.3 is 6.18 Å². The van der Waals surface area contributed by atoms with Gasteiger partial charge in [-0.15, -0.1) is 10.2 Å². The maximum Gasteiger partial charge on any atom is 0.416 e. The summed E-state index contributed by atoms with van der Waals surface area (Å²) < 4.78 is 46.1. The maximum absolute atomic E-state index is 12.8. The molecule has 3 heterocycles. The Morgan fingerprint density at radius 2 is 1.91 bits per heavy atom. The summed E-state index contributed by atoms with van der Waals surface area (Å²) in [4.78, 5) is 2.52. The van der Waals surface area contributed by atoms with Gasteiger partial charge in [0.15, 0.2) is 5.16 Å². The van der Waals surface area contributed by atoms with Crippen molar-refractivity contribution in [2.75, 3.05) is 38.6 Å². The number of aromatic nitrogens is 3. The van der Waals surface area contributed by atoms with E-state index in [2.05, 4.69) is 26.7 Å². The number of alkyl halides is 3. The zero-order valence-corrected chi connectivity index (χ0v) is 19.8. The van der Waals surface area contributed by atoms with Crippen molar-refractivity contribution >= 4 is 11.8 Å². The van der Waals surface area contributed by atoms with Crippen LogP contribution in [0.25, 0.3) is 0 Å². The van der Waals surface area contributed by atoms with Gasteiger partial charge in [0.1, 0.15) is 5.82 Å². The van der Waals surface area contributed by atoms with E-state index in [9.17, 15) is 13.2 Å². The van der Waals surface area contributed by atoms with E-state index < -0.39 is 11.7 Å². The zero-order valence-electron chi connectivity index (χ0n) is 19.0. The van der Waals surface area contributed by atoms with Crippen LogP contribution < -0.4 is 0 Å². The van der Waals surface area contributed by atoms with Gasteiger partial charge in [0.25, 0.3) is 0 Å². The molecule has 1 aliphatic carbocycles. The third-order valence-corrected chi connectivity index (χ3v) is 8.71. The predicted molar refractivity (Wildman–Crippen MR) is 121 cm³/mol. The molecule has 0 radical (unpaired) electrons. The molecule has 0 N–H and O–H groups in total. The fourth-order valence-electron chi connectivity index (χ4n) is 5.56. The molecule has 0 unspecified atom stereocenters. The maximum atomic E-state index is 12.8. The van der Waals surface area contributed by atoms with Crippen LogP contribution >= 0.6 is 11.8 Å². The molecule has 180 valence electrons. The fraction of sp³-hybridized carbons (Fsp3) is 0.667. The average molecular weight is 481 g/mol. The van der Waals surface area contributed by atoms with Crippen LogP contribution in [0.1, 0.15) is 60.9 Å². The quantitative estimate of drug-likeness (QED) is 0.408. The van der Waals surface area contributed by atoms with E-state index in [4.69, 9.17) is 4.74 Å². The molecule has 1 saturated carbocycles. The first-order valence-corrected chi connectivity index (χ1v) is 12.8. The summed E-state index contributed by atoms with van der Waals surface area (Å²) in [5.74, 6) is 2.93. The Kier molecular flexibility index (Phi) is 6.48. The molecule has 1 spiro atoms. The first kappa shape index (κ1) is 23.2. The van der Waals surface area contributed by atoms with E-state index in [1.807, 2.05) is 0 Å². The first-order valence-electron chi connectivity index (χ1n) is 11.9. The van der Waals surface area contributed by atoms with Gasteiger partial charge in [0.05, 0.1) is 5.56 Å². The lowest BCUT2D eigenvalue weighted by Crippen LogP contribution is -2.23. The minimum absolute atomic E-state index is 0.273. The Hall–Kier alpha value is -1.58. The van der Waals surface area contributed by atoms with Crippen molar-refractivity contribution in [3.8, 4) is 0 Å². The molecule has 1 aromatic carbocycles. The molecule has 2 saturated heterocycles. The lowest BCUT2D eigenvalue weighted by Gasteiger charge is -2.21. The molecule has 9 heteroatoms. The minimum atomic E-state index is -4.26. The van der Waals surface area contributed by atoms with Crippen molar-refractivity contribution in [3.05, 3.63) is 41.2 Å². The number of hydrogen-bond acceptors (Lipinski definition) is 5. The van der Waals surface area contributed by atoms with E-state index >= 15 is 0 Å². The van der Waals surface area contributed by atoms with Gasteiger partial charge in [-0.05, 0) is 74.2 Å². The number of halogens is 3. The number of rotatable bonds is 7. The van der Waals surface area contributed by atoms with Crippen molar-refractivity contribution in [1.82, 2.24) is 19.7 Å². The Bertz CT molecular complexity index is 958. The smallest absolute Gasteiger partial charge is 0.381 e. The third kappa shape index (κ3) is 4.95. The van der Waals surface area contributed by atoms with Crippen molar-refractivity contribution in [2.45, 2.75) is 55.3 Å². The predicted octanol–water partition coefficient (Wildman–Crippen LogP) is 5.09. The van der Waals surface area contributed by atoms with E-state index in [1.165, 1.54) is 12.1 Å². The largest absolute Gasteiger partial charge is 0.416 e. The second-order valence-electron chi connectivity index (χ2n) is 9.75. The van der Waals surface area contributed by atoms with E-state index in [-0.39, 0.29) is 5.41 Å². The van der Waals surface area contributed by atoms with E-state index in [1.54, 1.807) is 23.9 Å². The summed E-state index contributed by atoms with van der Waals surface area (Å²) >= 11 is 1.77.